The molecule has 0 heterocycles. The molecule has 2 N–H and O–H groups in total. The van der Waals surface area contributed by atoms with E-state index < -0.39 is 0 Å². The number of hydrogen-bond acceptors (Lipinski definition) is 2. The van der Waals surface area contributed by atoms with Crippen LogP contribution in [0.15, 0.2) is 0 Å². The van der Waals surface area contributed by atoms with Gasteiger partial charge in [0, 0.05) is 12.1 Å². The van der Waals surface area contributed by atoms with Gasteiger partial charge in [0.05, 0.1) is 6.10 Å². The molecule has 0 bridgehead atoms. The first-order chi connectivity index (χ1) is 5.11. The lowest BCUT2D eigenvalue weighted by Crippen LogP contribution is -2.41. The summed E-state index contributed by atoms with van der Waals surface area (Å²) in [5.41, 5.74) is 0. The maximum Gasteiger partial charge on any atom is 0.0718 e. The first kappa shape index (κ1) is 9.01. The maximum absolute atomic E-state index is 9.64. The number of rotatable bonds is 2. The smallest absolute Gasteiger partial charge is 0.0718 e. The molecule has 0 aliphatic heterocycles. The Balaban J connectivity index is 2.36. The summed E-state index contributed by atoms with van der Waals surface area (Å²) in [5.74, 6) is 0.478. The van der Waals surface area contributed by atoms with Crippen LogP contribution in [0.1, 0.15) is 33.6 Å². The summed E-state index contributed by atoms with van der Waals surface area (Å²) in [5, 5.41) is 13.0. The van der Waals surface area contributed by atoms with Crippen molar-refractivity contribution >= 4 is 0 Å². The van der Waals surface area contributed by atoms with Gasteiger partial charge in [-0.25, -0.2) is 0 Å². The van der Waals surface area contributed by atoms with Gasteiger partial charge in [-0.15, -0.1) is 0 Å². The Kier molecular flexibility index (Phi) is 2.90. The van der Waals surface area contributed by atoms with Gasteiger partial charge in [0.2, 0.25) is 0 Å². The molecule has 3 atom stereocenters. The quantitative estimate of drug-likeness (QED) is 0.630. The van der Waals surface area contributed by atoms with Crippen LogP contribution in [0.4, 0.5) is 0 Å². The third-order valence-corrected chi connectivity index (χ3v) is 2.48. The molecule has 0 amide bonds. The van der Waals surface area contributed by atoms with Gasteiger partial charge < -0.3 is 10.4 Å². The third kappa shape index (κ3) is 2.17. The van der Waals surface area contributed by atoms with Crippen LogP contribution in [0.3, 0.4) is 0 Å². The molecule has 0 unspecified atom stereocenters. The second-order valence-electron chi connectivity index (χ2n) is 3.97. The lowest BCUT2D eigenvalue weighted by Gasteiger charge is -2.20. The highest BCUT2D eigenvalue weighted by atomic mass is 16.3. The molecule has 0 spiro atoms. The minimum Gasteiger partial charge on any atom is -0.391 e. The molecule has 1 saturated carbocycles. The maximum atomic E-state index is 9.64. The second kappa shape index (κ2) is 3.55. The lowest BCUT2D eigenvalue weighted by molar-refractivity contribution is 0.110. The van der Waals surface area contributed by atoms with Gasteiger partial charge in [-0.2, -0.15) is 0 Å². The third-order valence-electron chi connectivity index (χ3n) is 2.48. The van der Waals surface area contributed by atoms with Crippen molar-refractivity contribution in [3.05, 3.63) is 0 Å². The SMILES string of the molecule is CC(C)N[C@H]1CC[C@@H](C)[C@@H]1O. The number of aliphatic hydroxyl groups excluding tert-OH is 1. The molecule has 0 aromatic heterocycles. The molecule has 0 aromatic rings. The summed E-state index contributed by atoms with van der Waals surface area (Å²) in [4.78, 5) is 0. The van der Waals surface area contributed by atoms with Crippen LogP contribution >= 0.6 is 0 Å². The lowest BCUT2D eigenvalue weighted by atomic mass is 10.1. The molecule has 1 aliphatic carbocycles. The van der Waals surface area contributed by atoms with E-state index in [0.717, 1.165) is 12.8 Å². The Morgan fingerprint density at radius 3 is 2.36 bits per heavy atom. The summed E-state index contributed by atoms with van der Waals surface area (Å²) < 4.78 is 0. The van der Waals surface area contributed by atoms with E-state index in [2.05, 4.69) is 26.1 Å². The van der Waals surface area contributed by atoms with Crippen molar-refractivity contribution in [2.45, 2.75) is 51.8 Å². The van der Waals surface area contributed by atoms with Gasteiger partial charge >= 0.3 is 0 Å². The molecular weight excluding hydrogens is 138 g/mol. The van der Waals surface area contributed by atoms with E-state index in [1.165, 1.54) is 0 Å². The first-order valence-electron chi connectivity index (χ1n) is 4.55. The topological polar surface area (TPSA) is 32.3 Å². The van der Waals surface area contributed by atoms with Crippen LogP contribution in [0, 0.1) is 5.92 Å². The molecule has 11 heavy (non-hydrogen) atoms. The van der Waals surface area contributed by atoms with Crippen molar-refractivity contribution in [2.75, 3.05) is 0 Å². The van der Waals surface area contributed by atoms with Crippen LogP contribution in [0.2, 0.25) is 0 Å². The van der Waals surface area contributed by atoms with Gasteiger partial charge in [0.1, 0.15) is 0 Å². The number of aliphatic hydroxyl groups is 1. The molecule has 1 aliphatic rings. The van der Waals surface area contributed by atoms with Gasteiger partial charge in [-0.1, -0.05) is 20.8 Å². The highest BCUT2D eigenvalue weighted by Crippen LogP contribution is 2.25. The van der Waals surface area contributed by atoms with Crippen molar-refractivity contribution in [1.29, 1.82) is 0 Å². The van der Waals surface area contributed by atoms with E-state index in [0.29, 0.717) is 18.0 Å². The van der Waals surface area contributed by atoms with Crippen molar-refractivity contribution in [2.24, 2.45) is 5.92 Å². The zero-order chi connectivity index (χ0) is 8.43. The Morgan fingerprint density at radius 1 is 1.36 bits per heavy atom. The molecule has 0 radical (unpaired) electrons. The van der Waals surface area contributed by atoms with E-state index in [-0.39, 0.29) is 6.10 Å². The van der Waals surface area contributed by atoms with Gasteiger partial charge in [0.15, 0.2) is 0 Å². The summed E-state index contributed by atoms with van der Waals surface area (Å²) >= 11 is 0. The molecule has 1 rings (SSSR count). The molecular formula is C9H19NO. The summed E-state index contributed by atoms with van der Waals surface area (Å²) in [6.07, 6.45) is 2.16. The highest BCUT2D eigenvalue weighted by molar-refractivity contribution is 4.87. The summed E-state index contributed by atoms with van der Waals surface area (Å²) in [7, 11) is 0. The Labute approximate surface area is 69.0 Å². The first-order valence-corrected chi connectivity index (χ1v) is 4.55. The van der Waals surface area contributed by atoms with E-state index in [1.54, 1.807) is 0 Å². The zero-order valence-corrected chi connectivity index (χ0v) is 7.67. The fraction of sp³-hybridized carbons (Fsp3) is 1.00. The molecule has 2 nitrogen and oxygen atoms in total. The van der Waals surface area contributed by atoms with Crippen LogP contribution in [0.25, 0.3) is 0 Å². The van der Waals surface area contributed by atoms with Crippen molar-refractivity contribution in [3.8, 4) is 0 Å². The zero-order valence-electron chi connectivity index (χ0n) is 7.67. The largest absolute Gasteiger partial charge is 0.391 e. The van der Waals surface area contributed by atoms with Crippen molar-refractivity contribution in [3.63, 3.8) is 0 Å². The predicted molar refractivity (Wildman–Crippen MR) is 46.5 cm³/mol. The average molecular weight is 157 g/mol. The van der Waals surface area contributed by atoms with E-state index in [1.807, 2.05) is 0 Å². The molecule has 0 aromatic carbocycles. The second-order valence-corrected chi connectivity index (χ2v) is 3.97. The Bertz CT molecular complexity index is 125. The predicted octanol–water partition coefficient (Wildman–Crippen LogP) is 1.14. The number of nitrogens with one attached hydrogen (secondary N) is 1. The molecule has 2 heteroatoms. The van der Waals surface area contributed by atoms with Gasteiger partial charge in [-0.05, 0) is 18.8 Å². The van der Waals surface area contributed by atoms with Crippen LogP contribution in [-0.4, -0.2) is 23.3 Å². The minimum atomic E-state index is -0.127. The van der Waals surface area contributed by atoms with Crippen LogP contribution in [-0.2, 0) is 0 Å². The number of hydrogen-bond donors (Lipinski definition) is 2. The fourth-order valence-electron chi connectivity index (χ4n) is 1.79. The normalized spacial score (nSPS) is 38.5. The summed E-state index contributed by atoms with van der Waals surface area (Å²) in [6, 6.07) is 0.824. The fourth-order valence-corrected chi connectivity index (χ4v) is 1.79. The monoisotopic (exact) mass is 157 g/mol. The van der Waals surface area contributed by atoms with E-state index in [4.69, 9.17) is 0 Å². The van der Waals surface area contributed by atoms with Crippen molar-refractivity contribution in [1.82, 2.24) is 5.32 Å². The van der Waals surface area contributed by atoms with Crippen molar-refractivity contribution < 1.29 is 5.11 Å². The van der Waals surface area contributed by atoms with E-state index >= 15 is 0 Å². The van der Waals surface area contributed by atoms with Crippen LogP contribution < -0.4 is 5.32 Å². The minimum absolute atomic E-state index is 0.127. The van der Waals surface area contributed by atoms with Gasteiger partial charge in [-0.3, -0.25) is 0 Å². The van der Waals surface area contributed by atoms with Gasteiger partial charge in [0.25, 0.3) is 0 Å². The molecule has 66 valence electrons. The van der Waals surface area contributed by atoms with Crippen LogP contribution in [0.5, 0.6) is 0 Å². The standard InChI is InChI=1S/C9H19NO/c1-6(2)10-8-5-4-7(3)9(8)11/h6-11H,4-5H2,1-3H3/t7-,8+,9+/m1/s1. The average Bonchev–Trinajstić information content (AvgIpc) is 2.18. The molecule has 0 saturated heterocycles. The Morgan fingerprint density at radius 2 is 2.00 bits per heavy atom. The summed E-state index contributed by atoms with van der Waals surface area (Å²) in [6.45, 7) is 6.36. The van der Waals surface area contributed by atoms with E-state index in [9.17, 15) is 5.11 Å². The highest BCUT2D eigenvalue weighted by Gasteiger charge is 2.31. The molecule has 1 fully saturated rings. The Hall–Kier alpha value is -0.0800.